The number of fused-ring (bicyclic) bond motifs is 2. The summed E-state index contributed by atoms with van der Waals surface area (Å²) in [6.07, 6.45) is 3.37. The molecule has 5 heteroatoms. The molecule has 5 nitrogen and oxygen atoms in total. The number of carbonyl (C=O) groups is 1. The molecule has 1 aromatic rings. The second-order valence-corrected chi connectivity index (χ2v) is 8.23. The summed E-state index contributed by atoms with van der Waals surface area (Å²) in [5.74, 6) is 1.24. The Balaban J connectivity index is 1.54. The molecule has 25 heavy (non-hydrogen) atoms. The van der Waals surface area contributed by atoms with Gasteiger partial charge in [-0.2, -0.15) is 0 Å². The van der Waals surface area contributed by atoms with Gasteiger partial charge >= 0.3 is 0 Å². The lowest BCUT2D eigenvalue weighted by molar-refractivity contribution is -0.124. The van der Waals surface area contributed by atoms with E-state index in [1.54, 1.807) is 0 Å². The largest absolute Gasteiger partial charge is 0.387 e. The van der Waals surface area contributed by atoms with E-state index in [0.29, 0.717) is 17.5 Å². The lowest BCUT2D eigenvalue weighted by Crippen LogP contribution is -2.51. The molecule has 0 aromatic heterocycles. The van der Waals surface area contributed by atoms with Crippen molar-refractivity contribution in [3.05, 3.63) is 28.8 Å². The molecule has 1 aliphatic heterocycles. The fourth-order valence-electron chi connectivity index (χ4n) is 4.76. The maximum atomic E-state index is 12.7. The van der Waals surface area contributed by atoms with Gasteiger partial charge in [-0.15, -0.1) is 0 Å². The average Bonchev–Trinajstić information content (AvgIpc) is 2.95. The Kier molecular flexibility index (Phi) is 3.87. The molecule has 1 amide bonds. The number of nitrogens with one attached hydrogen (secondary N) is 4. The number of amides is 1. The normalized spacial score (nSPS) is 26.8. The van der Waals surface area contributed by atoms with Gasteiger partial charge in [0.05, 0.1) is 11.3 Å². The van der Waals surface area contributed by atoms with Crippen LogP contribution in [0.5, 0.6) is 0 Å². The maximum Gasteiger partial charge on any atom is 0.224 e. The van der Waals surface area contributed by atoms with Crippen LogP contribution in [0.3, 0.4) is 0 Å². The molecular weight excluding hydrogens is 312 g/mol. The van der Waals surface area contributed by atoms with Crippen molar-refractivity contribution in [2.45, 2.75) is 38.6 Å². The summed E-state index contributed by atoms with van der Waals surface area (Å²) in [6.45, 7) is 5.79. The summed E-state index contributed by atoms with van der Waals surface area (Å²) in [6, 6.07) is 4.20. The van der Waals surface area contributed by atoms with Gasteiger partial charge in [-0.25, -0.2) is 0 Å². The van der Waals surface area contributed by atoms with Gasteiger partial charge in [0.25, 0.3) is 0 Å². The molecule has 2 aliphatic carbocycles. The van der Waals surface area contributed by atoms with Gasteiger partial charge in [-0.1, -0.05) is 12.1 Å². The second-order valence-electron chi connectivity index (χ2n) is 8.23. The van der Waals surface area contributed by atoms with Gasteiger partial charge in [-0.05, 0) is 69.2 Å². The van der Waals surface area contributed by atoms with E-state index in [0.717, 1.165) is 37.2 Å². The van der Waals surface area contributed by atoms with Crippen molar-refractivity contribution in [2.75, 3.05) is 25.5 Å². The van der Waals surface area contributed by atoms with Gasteiger partial charge in [0, 0.05) is 24.2 Å². The summed E-state index contributed by atoms with van der Waals surface area (Å²) >= 11 is 0. The average molecular weight is 340 g/mol. The zero-order valence-electron chi connectivity index (χ0n) is 15.3. The first-order chi connectivity index (χ1) is 11.9. The third-order valence-corrected chi connectivity index (χ3v) is 6.26. The molecule has 4 rings (SSSR count). The molecule has 134 valence electrons. The van der Waals surface area contributed by atoms with Crippen LogP contribution < -0.4 is 16.0 Å². The maximum absolute atomic E-state index is 12.7. The quantitative estimate of drug-likeness (QED) is 0.619. The number of rotatable bonds is 5. The van der Waals surface area contributed by atoms with E-state index in [-0.39, 0.29) is 11.8 Å². The highest BCUT2D eigenvalue weighted by atomic mass is 16.2. The minimum atomic E-state index is -0.681. The molecule has 1 heterocycles. The van der Waals surface area contributed by atoms with E-state index in [1.807, 2.05) is 27.0 Å². The number of hydrogen-bond acceptors (Lipinski definition) is 4. The highest BCUT2D eigenvalue weighted by Gasteiger charge is 2.57. The lowest BCUT2D eigenvalue weighted by atomic mass is 9.88. The Morgan fingerprint density at radius 2 is 1.96 bits per heavy atom. The fraction of sp³-hybridized carbons (Fsp3) is 0.600. The van der Waals surface area contributed by atoms with E-state index in [9.17, 15) is 4.79 Å². The van der Waals surface area contributed by atoms with Gasteiger partial charge in [-0.3, -0.25) is 4.79 Å². The first-order valence-corrected chi connectivity index (χ1v) is 9.38. The first-order valence-electron chi connectivity index (χ1n) is 9.38. The number of aryl methyl sites for hydroxylation is 1. The number of piperidine rings is 1. The summed E-state index contributed by atoms with van der Waals surface area (Å²) in [4.78, 5) is 12.7. The van der Waals surface area contributed by atoms with E-state index in [2.05, 4.69) is 22.0 Å². The standard InChI is InChI=1S/C20H28N4O/c1-20(2,24-19(25)16-14-9-23-10-15(14)16)18(21)13-8-7-11-5-4-6-12(11)17(13)22-3/h7-8,14-16,21-23H,4-6,9-10H2,1-3H3,(H,24,25)/t14-,15+,16?. The van der Waals surface area contributed by atoms with E-state index >= 15 is 0 Å². The molecule has 1 unspecified atom stereocenters. The predicted molar refractivity (Wildman–Crippen MR) is 100 cm³/mol. The van der Waals surface area contributed by atoms with E-state index < -0.39 is 5.54 Å². The third-order valence-electron chi connectivity index (χ3n) is 6.26. The smallest absolute Gasteiger partial charge is 0.224 e. The molecule has 1 saturated carbocycles. The van der Waals surface area contributed by atoms with Crippen LogP contribution in [0, 0.1) is 23.2 Å². The van der Waals surface area contributed by atoms with Crippen LogP contribution in [-0.2, 0) is 17.6 Å². The van der Waals surface area contributed by atoms with E-state index in [4.69, 9.17) is 5.41 Å². The highest BCUT2D eigenvalue weighted by molar-refractivity contribution is 6.10. The summed E-state index contributed by atoms with van der Waals surface area (Å²) in [5, 5.41) is 18.6. The SMILES string of the molecule is CNc1c(C(=N)C(C)(C)NC(=O)C2[C@H]3CNC[C@@H]23)ccc2c1CCC2. The lowest BCUT2D eigenvalue weighted by Gasteiger charge is -2.29. The summed E-state index contributed by atoms with van der Waals surface area (Å²) < 4.78 is 0. The Morgan fingerprint density at radius 3 is 2.64 bits per heavy atom. The van der Waals surface area contributed by atoms with Crippen molar-refractivity contribution in [3.8, 4) is 0 Å². The van der Waals surface area contributed by atoms with Crippen LogP contribution in [0.1, 0.15) is 37.0 Å². The van der Waals surface area contributed by atoms with Crippen molar-refractivity contribution < 1.29 is 4.79 Å². The minimum Gasteiger partial charge on any atom is -0.387 e. The first kappa shape index (κ1) is 16.6. The van der Waals surface area contributed by atoms with Crippen LogP contribution in [0.15, 0.2) is 12.1 Å². The van der Waals surface area contributed by atoms with Crippen LogP contribution in [0.25, 0.3) is 0 Å². The van der Waals surface area contributed by atoms with Crippen LogP contribution in [0.4, 0.5) is 5.69 Å². The zero-order valence-corrected chi connectivity index (χ0v) is 15.3. The molecule has 0 bridgehead atoms. The van der Waals surface area contributed by atoms with Crippen LogP contribution in [0.2, 0.25) is 0 Å². The Hall–Kier alpha value is -1.88. The number of carbonyl (C=O) groups excluding carboxylic acids is 1. The van der Waals surface area contributed by atoms with Gasteiger partial charge in [0.1, 0.15) is 0 Å². The number of anilines is 1. The predicted octanol–water partition coefficient (Wildman–Crippen LogP) is 1.95. The minimum absolute atomic E-state index is 0.110. The second kappa shape index (κ2) is 5.84. The van der Waals surface area contributed by atoms with Crippen molar-refractivity contribution >= 4 is 17.3 Å². The summed E-state index contributed by atoms with van der Waals surface area (Å²) in [5.41, 5.74) is 4.50. The molecule has 2 fully saturated rings. The van der Waals surface area contributed by atoms with Crippen molar-refractivity contribution in [1.82, 2.24) is 10.6 Å². The number of hydrogen-bond donors (Lipinski definition) is 4. The van der Waals surface area contributed by atoms with Crippen molar-refractivity contribution in [1.29, 1.82) is 5.41 Å². The van der Waals surface area contributed by atoms with Gasteiger partial charge in [0.2, 0.25) is 5.91 Å². The molecule has 3 aliphatic rings. The number of benzene rings is 1. The molecule has 1 aromatic carbocycles. The van der Waals surface area contributed by atoms with E-state index in [1.165, 1.54) is 17.5 Å². The highest BCUT2D eigenvalue weighted by Crippen LogP contribution is 2.48. The molecule has 3 atom stereocenters. The van der Waals surface area contributed by atoms with Crippen LogP contribution >= 0.6 is 0 Å². The van der Waals surface area contributed by atoms with Gasteiger partial charge in [0.15, 0.2) is 0 Å². The fourth-order valence-corrected chi connectivity index (χ4v) is 4.76. The Bertz CT molecular complexity index is 729. The third kappa shape index (κ3) is 2.65. The van der Waals surface area contributed by atoms with Crippen LogP contribution in [-0.4, -0.2) is 37.3 Å². The Morgan fingerprint density at radius 1 is 1.24 bits per heavy atom. The van der Waals surface area contributed by atoms with Gasteiger partial charge < -0.3 is 21.4 Å². The molecule has 1 saturated heterocycles. The Labute approximate surface area is 149 Å². The zero-order chi connectivity index (χ0) is 17.8. The van der Waals surface area contributed by atoms with Crippen molar-refractivity contribution in [2.24, 2.45) is 17.8 Å². The molecule has 0 spiro atoms. The molecule has 0 radical (unpaired) electrons. The summed E-state index contributed by atoms with van der Waals surface area (Å²) in [7, 11) is 1.93. The molecule has 4 N–H and O–H groups in total. The van der Waals surface area contributed by atoms with Crippen molar-refractivity contribution in [3.63, 3.8) is 0 Å². The monoisotopic (exact) mass is 340 g/mol. The molecular formula is C20H28N4O. The topological polar surface area (TPSA) is 77.0 Å².